The monoisotopic (exact) mass is 306 g/mol. The number of nitrogens with zero attached hydrogens (tertiary/aromatic N) is 2. The number of benzene rings is 1. The van der Waals surface area contributed by atoms with E-state index in [1.807, 2.05) is 12.3 Å². The highest BCUT2D eigenvalue weighted by molar-refractivity contribution is 6.33. The normalized spacial score (nSPS) is 13.1. The van der Waals surface area contributed by atoms with Crippen LogP contribution in [0.5, 0.6) is 0 Å². The molecule has 21 heavy (non-hydrogen) atoms. The molecule has 6 nitrogen and oxygen atoms in total. The summed E-state index contributed by atoms with van der Waals surface area (Å²) in [6.07, 6.45) is 4.00. The predicted octanol–water partition coefficient (Wildman–Crippen LogP) is 1.64. The number of hydrogen-bond donors (Lipinski definition) is 3. The Morgan fingerprint density at radius 1 is 1.48 bits per heavy atom. The van der Waals surface area contributed by atoms with E-state index >= 15 is 0 Å². The van der Waals surface area contributed by atoms with Crippen molar-refractivity contribution in [3.05, 3.63) is 40.7 Å². The van der Waals surface area contributed by atoms with Crippen LogP contribution in [0.2, 0.25) is 5.02 Å². The molecule has 1 amide bonds. The third-order valence-corrected chi connectivity index (χ3v) is 3.63. The number of carbonyl (C=O) groups is 1. The molecule has 2 aromatic rings. The third kappa shape index (κ3) is 3.01. The van der Waals surface area contributed by atoms with E-state index in [0.717, 1.165) is 22.5 Å². The minimum atomic E-state index is -0.0107. The van der Waals surface area contributed by atoms with Gasteiger partial charge in [0.25, 0.3) is 0 Å². The van der Waals surface area contributed by atoms with Gasteiger partial charge in [0, 0.05) is 24.0 Å². The number of aliphatic hydroxyl groups excluding tert-OH is 1. The maximum atomic E-state index is 11.4. The van der Waals surface area contributed by atoms with Crippen LogP contribution < -0.4 is 10.6 Å². The molecule has 1 aromatic heterocycles. The first kappa shape index (κ1) is 13.9. The van der Waals surface area contributed by atoms with E-state index in [1.54, 1.807) is 16.9 Å². The summed E-state index contributed by atoms with van der Waals surface area (Å²) in [4.78, 5) is 11.4. The lowest BCUT2D eigenvalue weighted by Gasteiger charge is -2.09. The van der Waals surface area contributed by atoms with Crippen molar-refractivity contribution >= 4 is 28.9 Å². The average Bonchev–Trinajstić information content (AvgIpc) is 3.02. The van der Waals surface area contributed by atoms with E-state index in [9.17, 15) is 4.79 Å². The Morgan fingerprint density at radius 3 is 3.14 bits per heavy atom. The zero-order chi connectivity index (χ0) is 14.8. The number of fused-ring (bicyclic) bond motifs is 1. The zero-order valence-corrected chi connectivity index (χ0v) is 12.0. The highest BCUT2D eigenvalue weighted by Crippen LogP contribution is 2.33. The second-order valence-electron chi connectivity index (χ2n) is 4.90. The van der Waals surface area contributed by atoms with E-state index < -0.39 is 0 Å². The zero-order valence-electron chi connectivity index (χ0n) is 11.3. The molecule has 0 radical (unpaired) electrons. The smallest absolute Gasteiger partial charge is 0.228 e. The van der Waals surface area contributed by atoms with E-state index in [1.165, 1.54) is 0 Å². The van der Waals surface area contributed by atoms with Gasteiger partial charge in [-0.15, -0.1) is 0 Å². The lowest BCUT2D eigenvalue weighted by molar-refractivity contribution is -0.115. The Labute approximate surface area is 126 Å². The van der Waals surface area contributed by atoms with Crippen molar-refractivity contribution in [1.29, 1.82) is 0 Å². The molecule has 2 heterocycles. The highest BCUT2D eigenvalue weighted by Gasteiger charge is 2.19. The van der Waals surface area contributed by atoms with Crippen LogP contribution in [0.1, 0.15) is 11.1 Å². The van der Waals surface area contributed by atoms with Gasteiger partial charge in [-0.3, -0.25) is 9.48 Å². The number of halogens is 1. The molecule has 0 fully saturated rings. The van der Waals surface area contributed by atoms with Gasteiger partial charge < -0.3 is 15.7 Å². The molecule has 0 saturated carbocycles. The summed E-state index contributed by atoms with van der Waals surface area (Å²) in [5.74, 6) is -0.0107. The van der Waals surface area contributed by atoms with Gasteiger partial charge in [0.1, 0.15) is 0 Å². The number of hydrogen-bond acceptors (Lipinski definition) is 4. The van der Waals surface area contributed by atoms with Gasteiger partial charge in [-0.25, -0.2) is 0 Å². The Kier molecular flexibility index (Phi) is 3.81. The number of anilines is 2. The number of carbonyl (C=O) groups excluding carboxylic acids is 1. The molecule has 3 N–H and O–H groups in total. The first-order chi connectivity index (χ1) is 10.2. The van der Waals surface area contributed by atoms with Crippen LogP contribution in [0.3, 0.4) is 0 Å². The quantitative estimate of drug-likeness (QED) is 0.784. The molecule has 0 aliphatic carbocycles. The topological polar surface area (TPSA) is 79.2 Å². The number of aliphatic hydroxyl groups is 1. The predicted molar refractivity (Wildman–Crippen MR) is 80.4 cm³/mol. The summed E-state index contributed by atoms with van der Waals surface area (Å²) in [7, 11) is 0. The average molecular weight is 307 g/mol. The second kappa shape index (κ2) is 5.75. The van der Waals surface area contributed by atoms with Crippen LogP contribution in [0.25, 0.3) is 0 Å². The number of amides is 1. The Balaban J connectivity index is 1.70. The molecule has 110 valence electrons. The van der Waals surface area contributed by atoms with Gasteiger partial charge in [-0.05, 0) is 17.7 Å². The van der Waals surface area contributed by atoms with Crippen molar-refractivity contribution < 1.29 is 9.90 Å². The van der Waals surface area contributed by atoms with Crippen molar-refractivity contribution in [2.75, 3.05) is 17.2 Å². The van der Waals surface area contributed by atoms with Crippen molar-refractivity contribution in [2.45, 2.75) is 19.5 Å². The van der Waals surface area contributed by atoms with Crippen molar-refractivity contribution in [3.8, 4) is 0 Å². The van der Waals surface area contributed by atoms with Crippen LogP contribution >= 0.6 is 11.6 Å². The molecule has 0 spiro atoms. The third-order valence-electron chi connectivity index (χ3n) is 3.32. The molecule has 1 aliphatic rings. The van der Waals surface area contributed by atoms with Crippen LogP contribution in [0.15, 0.2) is 24.5 Å². The van der Waals surface area contributed by atoms with Crippen LogP contribution in [-0.4, -0.2) is 27.4 Å². The summed E-state index contributed by atoms with van der Waals surface area (Å²) < 4.78 is 1.68. The van der Waals surface area contributed by atoms with E-state index in [0.29, 0.717) is 24.5 Å². The maximum absolute atomic E-state index is 11.4. The maximum Gasteiger partial charge on any atom is 0.228 e. The lowest BCUT2D eigenvalue weighted by Crippen LogP contribution is -2.03. The Hall–Kier alpha value is -2.05. The SMILES string of the molecule is O=C1Cc2cc(NCc3cnn(CCO)c3)c(Cl)cc2N1. The van der Waals surface area contributed by atoms with Crippen LogP contribution in [0.4, 0.5) is 11.4 Å². The van der Waals surface area contributed by atoms with Gasteiger partial charge in [0.15, 0.2) is 0 Å². The molecule has 7 heteroatoms. The van der Waals surface area contributed by atoms with Gasteiger partial charge in [0.2, 0.25) is 5.91 Å². The number of nitrogens with one attached hydrogen (secondary N) is 2. The molecule has 0 saturated heterocycles. The molecular weight excluding hydrogens is 292 g/mol. The summed E-state index contributed by atoms with van der Waals surface area (Å²) in [5.41, 5.74) is 3.52. The Morgan fingerprint density at radius 2 is 2.33 bits per heavy atom. The highest BCUT2D eigenvalue weighted by atomic mass is 35.5. The first-order valence-electron chi connectivity index (χ1n) is 6.64. The van der Waals surface area contributed by atoms with Crippen molar-refractivity contribution in [3.63, 3.8) is 0 Å². The van der Waals surface area contributed by atoms with Gasteiger partial charge in [-0.1, -0.05) is 11.6 Å². The molecule has 1 aliphatic heterocycles. The van der Waals surface area contributed by atoms with Gasteiger partial charge in [0.05, 0.1) is 36.5 Å². The molecule has 0 unspecified atom stereocenters. The number of aromatic nitrogens is 2. The standard InChI is InChI=1S/C14H15ClN4O2/c15-11-5-12-10(4-14(21)18-12)3-13(11)16-6-9-7-17-19(8-9)1-2-20/h3,5,7-8,16,20H,1-2,4,6H2,(H,18,21). The second-order valence-corrected chi connectivity index (χ2v) is 5.31. The van der Waals surface area contributed by atoms with Crippen molar-refractivity contribution in [1.82, 2.24) is 9.78 Å². The largest absolute Gasteiger partial charge is 0.394 e. The number of rotatable bonds is 5. The fourth-order valence-corrected chi connectivity index (χ4v) is 2.53. The van der Waals surface area contributed by atoms with E-state index in [4.69, 9.17) is 16.7 Å². The summed E-state index contributed by atoms with van der Waals surface area (Å²) >= 11 is 6.21. The fraction of sp³-hybridized carbons (Fsp3) is 0.286. The molecule has 0 atom stereocenters. The van der Waals surface area contributed by atoms with Crippen molar-refractivity contribution in [2.24, 2.45) is 0 Å². The minimum absolute atomic E-state index is 0.0107. The van der Waals surface area contributed by atoms with Gasteiger partial charge >= 0.3 is 0 Å². The fourth-order valence-electron chi connectivity index (χ4n) is 2.30. The Bertz CT molecular complexity index is 684. The summed E-state index contributed by atoms with van der Waals surface area (Å²) in [5, 5.41) is 19.6. The molecular formula is C14H15ClN4O2. The molecule has 0 bridgehead atoms. The first-order valence-corrected chi connectivity index (χ1v) is 7.02. The van der Waals surface area contributed by atoms with Crippen LogP contribution in [-0.2, 0) is 24.3 Å². The van der Waals surface area contributed by atoms with Gasteiger partial charge in [-0.2, -0.15) is 5.10 Å². The minimum Gasteiger partial charge on any atom is -0.394 e. The summed E-state index contributed by atoms with van der Waals surface area (Å²) in [6, 6.07) is 3.66. The van der Waals surface area contributed by atoms with Crippen LogP contribution in [0, 0.1) is 0 Å². The van der Waals surface area contributed by atoms with E-state index in [2.05, 4.69) is 15.7 Å². The van der Waals surface area contributed by atoms with E-state index in [-0.39, 0.29) is 12.5 Å². The molecule has 3 rings (SSSR count). The summed E-state index contributed by atoms with van der Waals surface area (Å²) in [6.45, 7) is 1.12. The lowest BCUT2D eigenvalue weighted by atomic mass is 10.1. The molecule has 1 aromatic carbocycles.